The molecule has 3 heterocycles. The zero-order valence-electron chi connectivity index (χ0n) is 15.7. The predicted octanol–water partition coefficient (Wildman–Crippen LogP) is 3.40. The van der Waals surface area contributed by atoms with Crippen molar-refractivity contribution in [3.8, 4) is 22.1 Å². The summed E-state index contributed by atoms with van der Waals surface area (Å²) in [6, 6.07) is 11.3. The SMILES string of the molecule is COC(=O)CSc1nnc(-c2sc3ncccc3c2N)n1-c1ccccc1OC. The van der Waals surface area contributed by atoms with Crippen molar-refractivity contribution in [2.45, 2.75) is 5.16 Å². The second-order valence-electron chi connectivity index (χ2n) is 5.88. The van der Waals surface area contributed by atoms with E-state index < -0.39 is 0 Å². The van der Waals surface area contributed by atoms with Crippen molar-refractivity contribution in [1.82, 2.24) is 19.7 Å². The van der Waals surface area contributed by atoms with Crippen molar-refractivity contribution < 1.29 is 14.3 Å². The van der Waals surface area contributed by atoms with Gasteiger partial charge < -0.3 is 15.2 Å². The Bertz CT molecular complexity index is 1190. The molecule has 0 atom stereocenters. The number of nitrogens with two attached hydrogens (primary N) is 1. The number of carbonyl (C=O) groups is 1. The molecular formula is C19H17N5O3S2. The molecule has 0 aliphatic rings. The number of nitrogens with zero attached hydrogens (tertiary/aromatic N) is 4. The number of hydrogen-bond acceptors (Lipinski definition) is 9. The molecule has 0 spiro atoms. The number of carbonyl (C=O) groups excluding carboxylic acids is 1. The van der Waals surface area contributed by atoms with E-state index in [1.165, 1.54) is 30.2 Å². The van der Waals surface area contributed by atoms with Gasteiger partial charge in [-0.1, -0.05) is 23.9 Å². The highest BCUT2D eigenvalue weighted by Gasteiger charge is 2.23. The number of aromatic nitrogens is 4. The van der Waals surface area contributed by atoms with Crippen LogP contribution in [0.5, 0.6) is 5.75 Å². The second kappa shape index (κ2) is 8.10. The number of nitrogen functional groups attached to an aromatic ring is 1. The maximum absolute atomic E-state index is 11.7. The third kappa shape index (κ3) is 3.52. The van der Waals surface area contributed by atoms with Crippen LogP contribution in [0.4, 0.5) is 5.69 Å². The van der Waals surface area contributed by atoms with Crippen molar-refractivity contribution in [2.24, 2.45) is 0 Å². The number of thioether (sulfide) groups is 1. The van der Waals surface area contributed by atoms with Crippen molar-refractivity contribution >= 4 is 45.0 Å². The third-order valence-corrected chi connectivity index (χ3v) is 6.24. The zero-order chi connectivity index (χ0) is 20.4. The van der Waals surface area contributed by atoms with Gasteiger partial charge in [0.05, 0.1) is 36.2 Å². The first-order valence-corrected chi connectivity index (χ1v) is 10.4. The van der Waals surface area contributed by atoms with Crippen molar-refractivity contribution in [1.29, 1.82) is 0 Å². The lowest BCUT2D eigenvalue weighted by Gasteiger charge is -2.13. The lowest BCUT2D eigenvalue weighted by Crippen LogP contribution is -2.06. The number of fused-ring (bicyclic) bond motifs is 1. The first kappa shape index (κ1) is 19.2. The van der Waals surface area contributed by atoms with Crippen LogP contribution in [0.1, 0.15) is 0 Å². The van der Waals surface area contributed by atoms with Crippen LogP contribution in [-0.4, -0.2) is 45.7 Å². The average Bonchev–Trinajstić information content (AvgIpc) is 3.32. The summed E-state index contributed by atoms with van der Waals surface area (Å²) in [6.45, 7) is 0. The fraction of sp³-hybridized carbons (Fsp3) is 0.158. The largest absolute Gasteiger partial charge is 0.495 e. The number of ether oxygens (including phenoxy) is 2. The quantitative estimate of drug-likeness (QED) is 0.369. The first-order valence-electron chi connectivity index (χ1n) is 8.55. The van der Waals surface area contributed by atoms with Crippen LogP contribution in [0.3, 0.4) is 0 Å². The Hall–Kier alpha value is -3.11. The summed E-state index contributed by atoms with van der Waals surface area (Å²) in [5, 5.41) is 10.1. The van der Waals surface area contributed by atoms with E-state index in [-0.39, 0.29) is 11.7 Å². The van der Waals surface area contributed by atoms with Crippen LogP contribution < -0.4 is 10.5 Å². The highest BCUT2D eigenvalue weighted by molar-refractivity contribution is 7.99. The molecule has 0 bridgehead atoms. The summed E-state index contributed by atoms with van der Waals surface area (Å²) in [5.74, 6) is 0.957. The number of methoxy groups -OCH3 is 2. The van der Waals surface area contributed by atoms with Gasteiger partial charge in [-0.3, -0.25) is 9.36 Å². The Balaban J connectivity index is 1.91. The molecular weight excluding hydrogens is 410 g/mol. The van der Waals surface area contributed by atoms with Crippen LogP contribution in [0.25, 0.3) is 26.6 Å². The molecule has 0 radical (unpaired) electrons. The van der Waals surface area contributed by atoms with E-state index in [0.717, 1.165) is 20.8 Å². The fourth-order valence-corrected chi connectivity index (χ4v) is 4.66. The van der Waals surface area contributed by atoms with Gasteiger partial charge in [-0.15, -0.1) is 21.5 Å². The summed E-state index contributed by atoms with van der Waals surface area (Å²) < 4.78 is 12.1. The molecule has 0 saturated carbocycles. The fourth-order valence-electron chi connectivity index (χ4n) is 2.84. The van der Waals surface area contributed by atoms with E-state index in [4.69, 9.17) is 15.2 Å². The number of anilines is 1. The zero-order valence-corrected chi connectivity index (χ0v) is 17.3. The Kier molecular flexibility index (Phi) is 5.36. The Morgan fingerprint density at radius 3 is 2.79 bits per heavy atom. The number of thiophene rings is 1. The molecule has 4 aromatic rings. The predicted molar refractivity (Wildman–Crippen MR) is 114 cm³/mol. The smallest absolute Gasteiger partial charge is 0.316 e. The Morgan fingerprint density at radius 2 is 2.03 bits per heavy atom. The van der Waals surface area contributed by atoms with E-state index in [1.54, 1.807) is 13.3 Å². The Labute approximate surface area is 174 Å². The number of hydrogen-bond donors (Lipinski definition) is 1. The van der Waals surface area contributed by atoms with Crippen LogP contribution in [0.15, 0.2) is 47.8 Å². The third-order valence-electron chi connectivity index (χ3n) is 4.21. The standard InChI is InChI=1S/C19H17N5O3S2/c1-26-13-8-4-3-7-12(13)24-17(22-23-19(24)28-10-14(25)27-2)16-15(20)11-6-5-9-21-18(11)29-16/h3-9H,10,20H2,1-2H3. The van der Waals surface area contributed by atoms with E-state index >= 15 is 0 Å². The molecule has 0 unspecified atom stereocenters. The van der Waals surface area contributed by atoms with Gasteiger partial charge in [0.25, 0.3) is 0 Å². The van der Waals surface area contributed by atoms with Gasteiger partial charge in [0.2, 0.25) is 0 Å². The molecule has 29 heavy (non-hydrogen) atoms. The van der Waals surface area contributed by atoms with Crippen LogP contribution in [0.2, 0.25) is 0 Å². The molecule has 0 saturated heterocycles. The van der Waals surface area contributed by atoms with Gasteiger partial charge in [-0.25, -0.2) is 4.98 Å². The molecule has 10 heteroatoms. The highest BCUT2D eigenvalue weighted by Crippen LogP contribution is 2.41. The summed E-state index contributed by atoms with van der Waals surface area (Å²) in [4.78, 5) is 17.6. The molecule has 2 N–H and O–H groups in total. The number of para-hydroxylation sites is 2. The average molecular weight is 428 g/mol. The molecule has 1 aromatic carbocycles. The molecule has 8 nitrogen and oxygen atoms in total. The van der Waals surface area contributed by atoms with Gasteiger partial charge in [0.1, 0.15) is 10.6 Å². The normalized spacial score (nSPS) is 11.0. The van der Waals surface area contributed by atoms with Gasteiger partial charge >= 0.3 is 5.97 Å². The minimum atomic E-state index is -0.350. The lowest BCUT2D eigenvalue weighted by molar-refractivity contribution is -0.137. The maximum Gasteiger partial charge on any atom is 0.316 e. The minimum Gasteiger partial charge on any atom is -0.495 e. The summed E-state index contributed by atoms with van der Waals surface area (Å²) in [7, 11) is 2.95. The second-order valence-corrected chi connectivity index (χ2v) is 7.82. The number of pyridine rings is 1. The molecule has 3 aromatic heterocycles. The van der Waals surface area contributed by atoms with Gasteiger partial charge in [0.15, 0.2) is 11.0 Å². The summed E-state index contributed by atoms with van der Waals surface area (Å²) >= 11 is 2.67. The maximum atomic E-state index is 11.7. The highest BCUT2D eigenvalue weighted by atomic mass is 32.2. The molecule has 0 amide bonds. The van der Waals surface area contributed by atoms with Crippen LogP contribution in [-0.2, 0) is 9.53 Å². The number of esters is 1. The van der Waals surface area contributed by atoms with Gasteiger partial charge in [-0.2, -0.15) is 0 Å². The molecule has 0 aliphatic carbocycles. The number of rotatable bonds is 6. The van der Waals surface area contributed by atoms with Crippen molar-refractivity contribution in [2.75, 3.05) is 25.7 Å². The van der Waals surface area contributed by atoms with Crippen LogP contribution in [0, 0.1) is 0 Å². The lowest BCUT2D eigenvalue weighted by atomic mass is 10.2. The summed E-state index contributed by atoms with van der Waals surface area (Å²) in [6.07, 6.45) is 1.73. The van der Waals surface area contributed by atoms with Crippen molar-refractivity contribution in [3.63, 3.8) is 0 Å². The minimum absolute atomic E-state index is 0.104. The topological polar surface area (TPSA) is 105 Å². The van der Waals surface area contributed by atoms with E-state index in [1.807, 2.05) is 41.0 Å². The van der Waals surface area contributed by atoms with Crippen LogP contribution >= 0.6 is 23.1 Å². The van der Waals surface area contributed by atoms with E-state index in [0.29, 0.717) is 22.4 Å². The molecule has 0 fully saturated rings. The molecule has 148 valence electrons. The van der Waals surface area contributed by atoms with Crippen molar-refractivity contribution in [3.05, 3.63) is 42.6 Å². The Morgan fingerprint density at radius 1 is 1.21 bits per heavy atom. The van der Waals surface area contributed by atoms with Gasteiger partial charge in [0, 0.05) is 11.6 Å². The summed E-state index contributed by atoms with van der Waals surface area (Å²) in [5.41, 5.74) is 7.75. The molecule has 0 aliphatic heterocycles. The first-order chi connectivity index (χ1) is 14.1. The van der Waals surface area contributed by atoms with E-state index in [2.05, 4.69) is 15.2 Å². The van der Waals surface area contributed by atoms with E-state index in [9.17, 15) is 4.79 Å². The monoisotopic (exact) mass is 427 g/mol. The molecule has 4 rings (SSSR count). The number of benzene rings is 1. The van der Waals surface area contributed by atoms with Gasteiger partial charge in [-0.05, 0) is 24.3 Å².